The van der Waals surface area contributed by atoms with Crippen LogP contribution in [0.3, 0.4) is 0 Å². The number of aryl methyl sites for hydroxylation is 1. The van der Waals surface area contributed by atoms with Gasteiger partial charge in [-0.3, -0.25) is 4.79 Å². The highest BCUT2D eigenvalue weighted by Gasteiger charge is 2.15. The van der Waals surface area contributed by atoms with Gasteiger partial charge in [0.15, 0.2) is 11.5 Å². The molecule has 0 saturated heterocycles. The summed E-state index contributed by atoms with van der Waals surface area (Å²) < 4.78 is 11.4. The molecule has 0 bridgehead atoms. The summed E-state index contributed by atoms with van der Waals surface area (Å²) >= 11 is 0. The number of hydrogen-bond donors (Lipinski definition) is 2. The maximum atomic E-state index is 12.9. The van der Waals surface area contributed by atoms with E-state index in [0.717, 1.165) is 22.0 Å². The third-order valence-electron chi connectivity index (χ3n) is 5.39. The van der Waals surface area contributed by atoms with Crippen LogP contribution >= 0.6 is 0 Å². The minimum Gasteiger partial charge on any atom is -0.490 e. The van der Waals surface area contributed by atoms with Crippen molar-refractivity contribution in [2.24, 2.45) is 5.10 Å². The number of nitrogens with zero attached hydrogens (tertiary/aromatic N) is 1. The molecule has 2 N–H and O–H groups in total. The summed E-state index contributed by atoms with van der Waals surface area (Å²) in [5.41, 5.74) is 5.65. The number of fused-ring (bicyclic) bond motifs is 1. The van der Waals surface area contributed by atoms with E-state index in [0.29, 0.717) is 29.2 Å². The van der Waals surface area contributed by atoms with Crippen LogP contribution < -0.4 is 20.2 Å². The molecule has 1 amide bonds. The first-order valence-electron chi connectivity index (χ1n) is 11.6. The Morgan fingerprint density at radius 3 is 2.50 bits per heavy atom. The smallest absolute Gasteiger partial charge is 0.344 e. The summed E-state index contributed by atoms with van der Waals surface area (Å²) in [6.45, 7) is 4.33. The number of nitrogens with one attached hydrogen (secondary N) is 2. The van der Waals surface area contributed by atoms with Gasteiger partial charge in [-0.1, -0.05) is 54.1 Å². The predicted octanol–water partition coefficient (Wildman–Crippen LogP) is 5.33. The average molecular weight is 482 g/mol. The molecule has 0 aliphatic rings. The first-order valence-corrected chi connectivity index (χ1v) is 11.6. The first kappa shape index (κ1) is 24.5. The van der Waals surface area contributed by atoms with Crippen molar-refractivity contribution in [3.63, 3.8) is 0 Å². The number of carbonyl (C=O) groups is 2. The van der Waals surface area contributed by atoms with Crippen LogP contribution in [-0.4, -0.2) is 31.2 Å². The second-order valence-corrected chi connectivity index (χ2v) is 8.07. The number of amides is 1. The molecule has 0 aliphatic heterocycles. The van der Waals surface area contributed by atoms with Crippen LogP contribution in [0.4, 0.5) is 5.69 Å². The van der Waals surface area contributed by atoms with Gasteiger partial charge in [-0.25, -0.2) is 10.2 Å². The molecule has 0 unspecified atom stereocenters. The maximum absolute atomic E-state index is 12.9. The van der Waals surface area contributed by atoms with E-state index in [1.54, 1.807) is 24.3 Å². The lowest BCUT2D eigenvalue weighted by Gasteiger charge is -2.12. The SMILES string of the molecule is CCOc1cc(/C=N/NC(=O)CNc2ccc(C)cc2)ccc1OC(=O)c1cccc2ccccc12. The van der Waals surface area contributed by atoms with E-state index in [2.05, 4.69) is 15.8 Å². The molecule has 0 radical (unpaired) electrons. The molecule has 0 aromatic heterocycles. The fourth-order valence-corrected chi connectivity index (χ4v) is 3.59. The number of benzene rings is 4. The first-order chi connectivity index (χ1) is 17.5. The molecular formula is C29H27N3O4. The van der Waals surface area contributed by atoms with E-state index < -0.39 is 5.97 Å². The molecule has 4 aromatic rings. The third kappa shape index (κ3) is 6.27. The highest BCUT2D eigenvalue weighted by atomic mass is 16.6. The third-order valence-corrected chi connectivity index (χ3v) is 5.39. The number of ether oxygens (including phenoxy) is 2. The molecule has 7 heteroatoms. The van der Waals surface area contributed by atoms with Crippen LogP contribution in [0.15, 0.2) is 90.0 Å². The molecule has 0 heterocycles. The summed E-state index contributed by atoms with van der Waals surface area (Å²) in [6, 6.07) is 26.0. The molecule has 0 saturated carbocycles. The Kier molecular flexibility index (Phi) is 7.93. The van der Waals surface area contributed by atoms with E-state index in [1.807, 2.05) is 74.5 Å². The van der Waals surface area contributed by atoms with Gasteiger partial charge in [0, 0.05) is 5.69 Å². The Morgan fingerprint density at radius 1 is 0.917 bits per heavy atom. The molecule has 4 aromatic carbocycles. The maximum Gasteiger partial charge on any atom is 0.344 e. The van der Waals surface area contributed by atoms with E-state index in [-0.39, 0.29) is 12.5 Å². The van der Waals surface area contributed by atoms with Crippen molar-refractivity contribution in [1.82, 2.24) is 5.43 Å². The lowest BCUT2D eigenvalue weighted by atomic mass is 10.0. The molecule has 0 fully saturated rings. The molecule has 0 aliphatic carbocycles. The second-order valence-electron chi connectivity index (χ2n) is 8.07. The van der Waals surface area contributed by atoms with Crippen LogP contribution in [-0.2, 0) is 4.79 Å². The van der Waals surface area contributed by atoms with Crippen molar-refractivity contribution in [2.75, 3.05) is 18.5 Å². The molecule has 36 heavy (non-hydrogen) atoms. The second kappa shape index (κ2) is 11.7. The number of rotatable bonds is 9. The molecule has 7 nitrogen and oxygen atoms in total. The van der Waals surface area contributed by atoms with Gasteiger partial charge in [0.1, 0.15) is 0 Å². The Balaban J connectivity index is 1.40. The number of anilines is 1. The van der Waals surface area contributed by atoms with Crippen LogP contribution in [0, 0.1) is 6.92 Å². The van der Waals surface area contributed by atoms with Gasteiger partial charge >= 0.3 is 5.97 Å². The lowest BCUT2D eigenvalue weighted by molar-refractivity contribution is -0.119. The van der Waals surface area contributed by atoms with Crippen molar-refractivity contribution < 1.29 is 19.1 Å². The normalized spacial score (nSPS) is 10.8. The Hall–Kier alpha value is -4.65. The quantitative estimate of drug-likeness (QED) is 0.146. The highest BCUT2D eigenvalue weighted by molar-refractivity contribution is 6.05. The Labute approximate surface area is 209 Å². The van der Waals surface area contributed by atoms with Gasteiger partial charge in [-0.05, 0) is 66.6 Å². The lowest BCUT2D eigenvalue weighted by Crippen LogP contribution is -2.25. The minimum absolute atomic E-state index is 0.0909. The average Bonchev–Trinajstić information content (AvgIpc) is 2.89. The molecule has 0 atom stereocenters. The highest BCUT2D eigenvalue weighted by Crippen LogP contribution is 2.30. The number of carbonyl (C=O) groups excluding carboxylic acids is 2. The number of hydrazone groups is 1. The molecule has 0 spiro atoms. The van der Waals surface area contributed by atoms with Crippen molar-refractivity contribution in [1.29, 1.82) is 0 Å². The van der Waals surface area contributed by atoms with Gasteiger partial charge in [0.25, 0.3) is 5.91 Å². The van der Waals surface area contributed by atoms with E-state index in [9.17, 15) is 9.59 Å². The van der Waals surface area contributed by atoms with Gasteiger partial charge in [-0.2, -0.15) is 5.10 Å². The van der Waals surface area contributed by atoms with Gasteiger partial charge < -0.3 is 14.8 Å². The zero-order valence-electron chi connectivity index (χ0n) is 20.2. The topological polar surface area (TPSA) is 89.0 Å². The summed E-state index contributed by atoms with van der Waals surface area (Å²) in [6.07, 6.45) is 1.50. The van der Waals surface area contributed by atoms with Crippen LogP contribution in [0.1, 0.15) is 28.4 Å². The van der Waals surface area contributed by atoms with E-state index in [4.69, 9.17) is 9.47 Å². The summed E-state index contributed by atoms with van der Waals surface area (Å²) in [5, 5.41) is 8.83. The monoisotopic (exact) mass is 481 g/mol. The summed E-state index contributed by atoms with van der Waals surface area (Å²) in [7, 11) is 0. The van der Waals surface area contributed by atoms with Crippen molar-refractivity contribution in [3.8, 4) is 11.5 Å². The van der Waals surface area contributed by atoms with Crippen LogP contribution in [0.25, 0.3) is 10.8 Å². The molecule has 4 rings (SSSR count). The fourth-order valence-electron chi connectivity index (χ4n) is 3.59. The number of esters is 1. The largest absolute Gasteiger partial charge is 0.490 e. The molecule has 182 valence electrons. The van der Waals surface area contributed by atoms with Crippen LogP contribution in [0.5, 0.6) is 11.5 Å². The molecular weight excluding hydrogens is 454 g/mol. The summed E-state index contributed by atoms with van der Waals surface area (Å²) in [4.78, 5) is 25.0. The Morgan fingerprint density at radius 2 is 1.69 bits per heavy atom. The van der Waals surface area contributed by atoms with E-state index in [1.165, 1.54) is 6.21 Å². The van der Waals surface area contributed by atoms with Gasteiger partial charge in [0.2, 0.25) is 0 Å². The standard InChI is InChI=1S/C29H27N3O4/c1-3-35-27-17-21(18-31-32-28(33)19-30-23-14-11-20(2)12-15-23)13-16-26(27)36-29(34)25-10-6-8-22-7-4-5-9-24(22)25/h4-18,30H,3,19H2,1-2H3,(H,32,33)/b31-18+. The van der Waals surface area contributed by atoms with Crippen molar-refractivity contribution >= 4 is 34.6 Å². The van der Waals surface area contributed by atoms with Crippen LogP contribution in [0.2, 0.25) is 0 Å². The zero-order valence-corrected chi connectivity index (χ0v) is 20.2. The van der Waals surface area contributed by atoms with Gasteiger partial charge in [0.05, 0.1) is 24.9 Å². The summed E-state index contributed by atoms with van der Waals surface area (Å²) in [5.74, 6) is -0.0410. The van der Waals surface area contributed by atoms with Gasteiger partial charge in [-0.15, -0.1) is 0 Å². The minimum atomic E-state index is -0.470. The predicted molar refractivity (Wildman–Crippen MR) is 142 cm³/mol. The number of hydrogen-bond acceptors (Lipinski definition) is 6. The van der Waals surface area contributed by atoms with E-state index >= 15 is 0 Å². The van der Waals surface area contributed by atoms with Crippen molar-refractivity contribution in [3.05, 3.63) is 102 Å². The van der Waals surface area contributed by atoms with Crippen molar-refractivity contribution in [2.45, 2.75) is 13.8 Å². The zero-order chi connectivity index (χ0) is 25.3. The fraction of sp³-hybridized carbons (Fsp3) is 0.138. The Bertz CT molecular complexity index is 1390.